The monoisotopic (exact) mass is 922 g/mol. The first-order chi connectivity index (χ1) is 34.3. The van der Waals surface area contributed by atoms with Crippen LogP contribution in [-0.2, 0) is 17.4 Å². The predicted octanol–water partition coefficient (Wildman–Crippen LogP) is 11.8. The topological polar surface area (TPSA) is 128 Å². The molecule has 0 saturated heterocycles. The van der Waals surface area contributed by atoms with Gasteiger partial charge < -0.3 is 43.0 Å². The molecule has 11 nitrogen and oxygen atoms in total. The molecule has 9 aromatic carbocycles. The number of ether oxygens (including phenoxy) is 8. The van der Waals surface area contributed by atoms with E-state index in [1.165, 1.54) is 24.3 Å². The Balaban J connectivity index is 0.916. The van der Waals surface area contributed by atoms with Crippen LogP contribution in [0.2, 0.25) is 0 Å². The Morgan fingerprint density at radius 3 is 1.07 bits per heavy atom. The molecular formula is C59H38O11. The summed E-state index contributed by atoms with van der Waals surface area (Å²) in [7, 11) is 0. The molecule has 0 amide bonds. The molecule has 3 heterocycles. The van der Waals surface area contributed by atoms with Gasteiger partial charge in [0, 0.05) is 33.4 Å². The summed E-state index contributed by atoms with van der Waals surface area (Å²) in [6, 6.07) is 66.6. The van der Waals surface area contributed by atoms with Crippen molar-refractivity contribution in [2.45, 2.75) is 17.4 Å². The average Bonchev–Trinajstić information content (AvgIpc) is 4.15. The summed E-state index contributed by atoms with van der Waals surface area (Å²) in [6.45, 7) is 0. The Labute approximate surface area is 401 Å². The van der Waals surface area contributed by atoms with Crippen LogP contribution in [-0.4, -0.2) is 17.0 Å². The summed E-state index contributed by atoms with van der Waals surface area (Å²) in [5.41, 5.74) is 3.86. The number of phenols is 1. The Morgan fingerprint density at radius 1 is 0.329 bits per heavy atom. The van der Waals surface area contributed by atoms with Gasteiger partial charge in [0.05, 0.1) is 11.1 Å². The highest BCUT2D eigenvalue weighted by Crippen LogP contribution is 2.56. The summed E-state index contributed by atoms with van der Waals surface area (Å²) < 4.78 is 52.3. The lowest BCUT2D eigenvalue weighted by molar-refractivity contribution is -0.0469. The molecular weight excluding hydrogens is 885 g/mol. The van der Waals surface area contributed by atoms with E-state index in [-0.39, 0.29) is 57.1 Å². The lowest BCUT2D eigenvalue weighted by Gasteiger charge is -2.28. The molecule has 12 rings (SSSR count). The molecule has 0 aliphatic carbocycles. The number of esters is 2. The lowest BCUT2D eigenvalue weighted by atomic mass is 9.97. The Kier molecular flexibility index (Phi) is 9.99. The minimum absolute atomic E-state index is 0.0302. The van der Waals surface area contributed by atoms with Gasteiger partial charge in [0.2, 0.25) is 17.2 Å². The molecule has 0 saturated carbocycles. The molecule has 0 aromatic heterocycles. The van der Waals surface area contributed by atoms with Crippen LogP contribution in [0, 0.1) is 0 Å². The maximum Gasteiger partial charge on any atom is 0.343 e. The molecule has 0 spiro atoms. The van der Waals surface area contributed by atoms with Crippen LogP contribution in [0.15, 0.2) is 224 Å². The Hall–Kier alpha value is -9.48. The first-order valence-electron chi connectivity index (χ1n) is 22.4. The number of carbonyl (C=O) groups is 2. The number of para-hydroxylation sites is 1. The zero-order valence-electron chi connectivity index (χ0n) is 36.9. The van der Waals surface area contributed by atoms with E-state index in [1.54, 1.807) is 18.2 Å². The van der Waals surface area contributed by atoms with Crippen molar-refractivity contribution >= 4 is 11.9 Å². The third-order valence-corrected chi connectivity index (χ3v) is 12.3. The number of hydrogen-bond acceptors (Lipinski definition) is 11. The molecule has 0 unspecified atom stereocenters. The highest BCUT2D eigenvalue weighted by molar-refractivity contribution is 5.96. The van der Waals surface area contributed by atoms with Crippen LogP contribution in [0.5, 0.6) is 51.7 Å². The fourth-order valence-electron chi connectivity index (χ4n) is 9.02. The maximum atomic E-state index is 14.6. The quantitative estimate of drug-likeness (QED) is 0.104. The van der Waals surface area contributed by atoms with Gasteiger partial charge in [0.15, 0.2) is 34.5 Å². The average molecular weight is 923 g/mol. The van der Waals surface area contributed by atoms with Gasteiger partial charge in [-0.25, -0.2) is 9.59 Å². The van der Waals surface area contributed by atoms with E-state index in [2.05, 4.69) is 0 Å². The van der Waals surface area contributed by atoms with Gasteiger partial charge in [0.25, 0.3) is 0 Å². The normalized spacial score (nSPS) is 14.9. The molecule has 11 heteroatoms. The number of rotatable bonds is 10. The van der Waals surface area contributed by atoms with Gasteiger partial charge in [0.1, 0.15) is 0 Å². The van der Waals surface area contributed by atoms with E-state index in [9.17, 15) is 14.7 Å². The molecule has 9 aromatic rings. The molecule has 3 aliphatic rings. The molecule has 70 heavy (non-hydrogen) atoms. The first kappa shape index (κ1) is 41.9. The number of hydrogen-bond donors (Lipinski definition) is 1. The Morgan fingerprint density at radius 2 is 0.657 bits per heavy atom. The minimum Gasteiger partial charge on any atom is -0.504 e. The maximum absolute atomic E-state index is 14.6. The highest BCUT2D eigenvalue weighted by atomic mass is 16.8. The van der Waals surface area contributed by atoms with Crippen molar-refractivity contribution < 1.29 is 52.6 Å². The lowest BCUT2D eigenvalue weighted by Crippen LogP contribution is -2.36. The van der Waals surface area contributed by atoms with Crippen molar-refractivity contribution in [1.29, 1.82) is 0 Å². The first-order valence-corrected chi connectivity index (χ1v) is 22.4. The third-order valence-electron chi connectivity index (χ3n) is 12.3. The standard InChI is InChI=1S/C59H38O11/c60-46-34-38(36-50-52(46)68-58(66-50,42-24-11-3-12-25-42)43-26-13-4-14-27-43)55(61)64-49-35-39(37-51-54(49)70-59(67-51,44-28-15-5-16-29-44)45-30-17-6-18-31-45)56(62)63-47-32-19-33-48-53(47)69-57(65-48,40-20-7-1-8-21-40)41-22-9-2-10-23-41/h1-37,60H. The zero-order valence-corrected chi connectivity index (χ0v) is 36.9. The van der Waals surface area contributed by atoms with Crippen molar-refractivity contribution in [3.63, 3.8) is 0 Å². The second-order valence-electron chi connectivity index (χ2n) is 16.6. The number of benzene rings is 9. The molecule has 3 aliphatic heterocycles. The Bertz CT molecular complexity index is 3310. The van der Waals surface area contributed by atoms with Crippen molar-refractivity contribution in [2.24, 2.45) is 0 Å². The van der Waals surface area contributed by atoms with Gasteiger partial charge in [-0.05, 0) is 36.4 Å². The van der Waals surface area contributed by atoms with Gasteiger partial charge in [-0.2, -0.15) is 0 Å². The van der Waals surface area contributed by atoms with Crippen molar-refractivity contribution in [1.82, 2.24) is 0 Å². The fourth-order valence-corrected chi connectivity index (χ4v) is 9.02. The second kappa shape index (κ2) is 16.7. The summed E-state index contributed by atoms with van der Waals surface area (Å²) >= 11 is 0. The molecule has 340 valence electrons. The van der Waals surface area contributed by atoms with Gasteiger partial charge in [-0.3, -0.25) is 0 Å². The van der Waals surface area contributed by atoms with Gasteiger partial charge >= 0.3 is 29.3 Å². The molecule has 1 N–H and O–H groups in total. The summed E-state index contributed by atoms with van der Waals surface area (Å²) in [5, 5.41) is 11.5. The summed E-state index contributed by atoms with van der Waals surface area (Å²) in [6.07, 6.45) is 0. The molecule has 0 bridgehead atoms. The van der Waals surface area contributed by atoms with E-state index in [0.717, 1.165) is 11.1 Å². The summed E-state index contributed by atoms with van der Waals surface area (Å²) in [4.78, 5) is 29.1. The third kappa shape index (κ3) is 6.98. The number of fused-ring (bicyclic) bond motifs is 3. The molecule has 0 atom stereocenters. The van der Waals surface area contributed by atoms with E-state index in [4.69, 9.17) is 37.9 Å². The van der Waals surface area contributed by atoms with Gasteiger partial charge in [-0.1, -0.05) is 188 Å². The fraction of sp³-hybridized carbons (Fsp3) is 0.0508. The largest absolute Gasteiger partial charge is 0.504 e. The van der Waals surface area contributed by atoms with E-state index in [1.807, 2.05) is 182 Å². The van der Waals surface area contributed by atoms with E-state index < -0.39 is 29.3 Å². The SMILES string of the molecule is O=C(Oc1cccc2c1OC(c1ccccc1)(c1ccccc1)O2)c1cc(OC(=O)c2cc(O)c3c(c2)OC(c2ccccc2)(c2ccccc2)O3)c2c(c1)OC(c1ccccc1)(c1ccccc1)O2. The zero-order chi connectivity index (χ0) is 47.3. The highest BCUT2D eigenvalue weighted by Gasteiger charge is 2.50. The predicted molar refractivity (Wildman–Crippen MR) is 256 cm³/mol. The molecule has 0 fully saturated rings. The smallest absolute Gasteiger partial charge is 0.343 e. The van der Waals surface area contributed by atoms with Crippen LogP contribution < -0.4 is 37.9 Å². The number of phenolic OH excluding ortho intramolecular Hbond substituents is 1. The van der Waals surface area contributed by atoms with Crippen LogP contribution >= 0.6 is 0 Å². The second-order valence-corrected chi connectivity index (χ2v) is 16.6. The number of carbonyl (C=O) groups excluding carboxylic acids is 2. The van der Waals surface area contributed by atoms with Crippen LogP contribution in [0.1, 0.15) is 54.1 Å². The summed E-state index contributed by atoms with van der Waals surface area (Å²) in [5.74, 6) is -5.87. The number of aromatic hydroxyl groups is 1. The van der Waals surface area contributed by atoms with Crippen LogP contribution in [0.3, 0.4) is 0 Å². The van der Waals surface area contributed by atoms with Crippen LogP contribution in [0.25, 0.3) is 0 Å². The van der Waals surface area contributed by atoms with E-state index >= 15 is 0 Å². The van der Waals surface area contributed by atoms with Crippen molar-refractivity contribution in [2.75, 3.05) is 0 Å². The van der Waals surface area contributed by atoms with Gasteiger partial charge in [-0.15, -0.1) is 0 Å². The minimum atomic E-state index is -1.58. The van der Waals surface area contributed by atoms with Crippen molar-refractivity contribution in [3.8, 4) is 51.7 Å². The van der Waals surface area contributed by atoms with Crippen LogP contribution in [0.4, 0.5) is 0 Å². The molecule has 0 radical (unpaired) electrons. The van der Waals surface area contributed by atoms with Crippen molar-refractivity contribution in [3.05, 3.63) is 269 Å². The van der Waals surface area contributed by atoms with E-state index in [0.29, 0.717) is 28.0 Å².